The van der Waals surface area contributed by atoms with Crippen LogP contribution in [0.2, 0.25) is 0 Å². The van der Waals surface area contributed by atoms with Gasteiger partial charge in [-0.05, 0) is 50.1 Å². The molecule has 3 rings (SSSR count). The first-order valence-electron chi connectivity index (χ1n) is 10.0. The predicted octanol–water partition coefficient (Wildman–Crippen LogP) is 4.60. The molecule has 1 heterocycles. The van der Waals surface area contributed by atoms with Crippen LogP contribution in [-0.4, -0.2) is 23.3 Å². The molecular formula is C23H28N4O2. The van der Waals surface area contributed by atoms with E-state index in [1.165, 1.54) is 0 Å². The zero-order valence-electron chi connectivity index (χ0n) is 17.3. The van der Waals surface area contributed by atoms with E-state index in [1.54, 1.807) is 7.11 Å². The molecule has 0 amide bonds. The van der Waals surface area contributed by atoms with Crippen LogP contribution in [0.25, 0.3) is 11.0 Å². The number of rotatable bonds is 10. The molecule has 0 spiro atoms. The molecule has 1 aromatic heterocycles. The Morgan fingerprint density at radius 2 is 2.03 bits per heavy atom. The summed E-state index contributed by atoms with van der Waals surface area (Å²) in [6.07, 6.45) is 1.19. The van der Waals surface area contributed by atoms with Gasteiger partial charge in [0.1, 0.15) is 5.82 Å². The van der Waals surface area contributed by atoms with E-state index < -0.39 is 0 Å². The van der Waals surface area contributed by atoms with Crippen molar-refractivity contribution in [3.63, 3.8) is 0 Å². The third-order valence-corrected chi connectivity index (χ3v) is 4.92. The Morgan fingerprint density at radius 3 is 2.79 bits per heavy atom. The second kappa shape index (κ2) is 9.94. The molecule has 6 nitrogen and oxygen atoms in total. The molecule has 0 fully saturated rings. The highest BCUT2D eigenvalue weighted by molar-refractivity contribution is 5.76. The van der Waals surface area contributed by atoms with Gasteiger partial charge in [0.2, 0.25) is 0 Å². The van der Waals surface area contributed by atoms with Gasteiger partial charge >= 0.3 is 0 Å². The molecule has 1 unspecified atom stereocenters. The first kappa shape index (κ1) is 20.7. The third-order valence-electron chi connectivity index (χ3n) is 4.92. The number of imidazole rings is 1. The summed E-state index contributed by atoms with van der Waals surface area (Å²) in [7, 11) is 1.63. The van der Waals surface area contributed by atoms with E-state index in [2.05, 4.69) is 41.9 Å². The topological polar surface area (TPSA) is 72.1 Å². The van der Waals surface area contributed by atoms with E-state index in [0.717, 1.165) is 29.0 Å². The van der Waals surface area contributed by atoms with Crippen molar-refractivity contribution in [3.8, 4) is 17.6 Å². The van der Waals surface area contributed by atoms with Gasteiger partial charge in [-0.2, -0.15) is 5.26 Å². The summed E-state index contributed by atoms with van der Waals surface area (Å²) in [5, 5.41) is 12.2. The van der Waals surface area contributed by atoms with Crippen molar-refractivity contribution in [1.82, 2.24) is 14.9 Å². The number of aromatic nitrogens is 2. The lowest BCUT2D eigenvalue weighted by Gasteiger charge is -2.16. The Morgan fingerprint density at radius 1 is 1.21 bits per heavy atom. The lowest BCUT2D eigenvalue weighted by Crippen LogP contribution is -2.21. The average Bonchev–Trinajstić information content (AvgIpc) is 3.14. The fraction of sp³-hybridized carbons (Fsp3) is 0.391. The smallest absolute Gasteiger partial charge is 0.161 e. The Kier molecular flexibility index (Phi) is 7.09. The Bertz CT molecular complexity index is 990. The van der Waals surface area contributed by atoms with E-state index in [0.29, 0.717) is 37.5 Å². The van der Waals surface area contributed by atoms with Gasteiger partial charge in [0, 0.05) is 19.5 Å². The number of fused-ring (bicyclic) bond motifs is 1. The molecule has 152 valence electrons. The predicted molar refractivity (Wildman–Crippen MR) is 114 cm³/mol. The van der Waals surface area contributed by atoms with Gasteiger partial charge in [0.25, 0.3) is 0 Å². The number of aryl methyl sites for hydroxylation is 1. The van der Waals surface area contributed by atoms with Gasteiger partial charge in [0.15, 0.2) is 11.5 Å². The summed E-state index contributed by atoms with van der Waals surface area (Å²) in [5.41, 5.74) is 3.29. The molecule has 0 saturated carbocycles. The summed E-state index contributed by atoms with van der Waals surface area (Å²) in [5.74, 6) is 2.44. The molecule has 6 heteroatoms. The Labute approximate surface area is 172 Å². The third kappa shape index (κ3) is 4.87. The monoisotopic (exact) mass is 392 g/mol. The van der Waals surface area contributed by atoms with E-state index in [-0.39, 0.29) is 6.04 Å². The fourth-order valence-corrected chi connectivity index (χ4v) is 3.40. The number of benzene rings is 2. The van der Waals surface area contributed by atoms with Crippen molar-refractivity contribution in [1.29, 1.82) is 5.26 Å². The Balaban J connectivity index is 1.70. The number of methoxy groups -OCH3 is 1. The van der Waals surface area contributed by atoms with Crippen LogP contribution >= 0.6 is 0 Å². The SMILES string of the molecule is CCn1c(C(C)NCc2ccc(OC)c(OCCCC#N)c2)nc2ccccc21. The highest BCUT2D eigenvalue weighted by atomic mass is 16.5. The summed E-state index contributed by atoms with van der Waals surface area (Å²) < 4.78 is 13.5. The molecule has 29 heavy (non-hydrogen) atoms. The first-order valence-corrected chi connectivity index (χ1v) is 10.0. The van der Waals surface area contributed by atoms with Crippen LogP contribution < -0.4 is 14.8 Å². The minimum atomic E-state index is 0.101. The Hall–Kier alpha value is -3.04. The number of unbranched alkanes of at least 4 members (excludes halogenated alkanes) is 1. The second-order valence-electron chi connectivity index (χ2n) is 6.90. The molecule has 0 aliphatic rings. The minimum absolute atomic E-state index is 0.101. The van der Waals surface area contributed by atoms with Crippen molar-refractivity contribution >= 4 is 11.0 Å². The van der Waals surface area contributed by atoms with Crippen LogP contribution in [0.5, 0.6) is 11.5 Å². The summed E-state index contributed by atoms with van der Waals surface area (Å²) in [6.45, 7) is 6.34. The van der Waals surface area contributed by atoms with Crippen molar-refractivity contribution in [2.75, 3.05) is 13.7 Å². The van der Waals surface area contributed by atoms with E-state index in [9.17, 15) is 0 Å². The highest BCUT2D eigenvalue weighted by Crippen LogP contribution is 2.29. The number of nitriles is 1. The van der Waals surface area contributed by atoms with Gasteiger partial charge in [0.05, 0.1) is 36.9 Å². The van der Waals surface area contributed by atoms with Crippen LogP contribution in [0.4, 0.5) is 0 Å². The van der Waals surface area contributed by atoms with Crippen molar-refractivity contribution in [2.45, 2.75) is 45.8 Å². The van der Waals surface area contributed by atoms with Crippen molar-refractivity contribution < 1.29 is 9.47 Å². The molecule has 0 saturated heterocycles. The van der Waals surface area contributed by atoms with Gasteiger partial charge in [-0.15, -0.1) is 0 Å². The summed E-state index contributed by atoms with van der Waals surface area (Å²) in [6, 6.07) is 16.4. The number of nitrogens with one attached hydrogen (secondary N) is 1. The highest BCUT2D eigenvalue weighted by Gasteiger charge is 2.15. The number of ether oxygens (including phenoxy) is 2. The summed E-state index contributed by atoms with van der Waals surface area (Å²) in [4.78, 5) is 4.83. The summed E-state index contributed by atoms with van der Waals surface area (Å²) >= 11 is 0. The molecule has 0 bridgehead atoms. The van der Waals surface area contributed by atoms with Crippen LogP contribution in [-0.2, 0) is 13.1 Å². The lowest BCUT2D eigenvalue weighted by molar-refractivity contribution is 0.290. The van der Waals surface area contributed by atoms with E-state index in [1.807, 2.05) is 30.3 Å². The van der Waals surface area contributed by atoms with Crippen molar-refractivity contribution in [2.24, 2.45) is 0 Å². The number of hydrogen-bond donors (Lipinski definition) is 1. The second-order valence-corrected chi connectivity index (χ2v) is 6.90. The quantitative estimate of drug-likeness (QED) is 0.511. The van der Waals surface area contributed by atoms with Crippen LogP contribution in [0, 0.1) is 11.3 Å². The zero-order valence-corrected chi connectivity index (χ0v) is 17.3. The van der Waals surface area contributed by atoms with Crippen LogP contribution in [0.1, 0.15) is 44.1 Å². The van der Waals surface area contributed by atoms with Crippen LogP contribution in [0.3, 0.4) is 0 Å². The maximum atomic E-state index is 8.66. The molecule has 1 N–H and O–H groups in total. The normalized spacial score (nSPS) is 11.9. The molecule has 0 aliphatic carbocycles. The van der Waals surface area contributed by atoms with Gasteiger partial charge < -0.3 is 19.4 Å². The fourth-order valence-electron chi connectivity index (χ4n) is 3.40. The zero-order chi connectivity index (χ0) is 20.6. The first-order chi connectivity index (χ1) is 14.2. The molecule has 3 aromatic rings. The largest absolute Gasteiger partial charge is 0.493 e. The maximum Gasteiger partial charge on any atom is 0.161 e. The molecule has 2 aromatic carbocycles. The molecular weight excluding hydrogens is 364 g/mol. The van der Waals surface area contributed by atoms with E-state index in [4.69, 9.17) is 19.7 Å². The molecule has 0 aliphatic heterocycles. The number of hydrogen-bond acceptors (Lipinski definition) is 5. The number of nitrogens with zero attached hydrogens (tertiary/aromatic N) is 3. The molecule has 0 radical (unpaired) electrons. The maximum absolute atomic E-state index is 8.66. The van der Waals surface area contributed by atoms with Crippen molar-refractivity contribution in [3.05, 3.63) is 53.9 Å². The minimum Gasteiger partial charge on any atom is -0.493 e. The average molecular weight is 393 g/mol. The molecule has 1 atom stereocenters. The lowest BCUT2D eigenvalue weighted by atomic mass is 10.2. The van der Waals surface area contributed by atoms with Gasteiger partial charge in [-0.3, -0.25) is 0 Å². The number of para-hydroxylation sites is 2. The standard InChI is InChI=1S/C23H28N4O2/c1-4-27-20-10-6-5-9-19(20)26-23(27)17(2)25-16-18-11-12-21(28-3)22(15-18)29-14-8-7-13-24/h5-6,9-12,15,17,25H,4,7-8,14,16H2,1-3H3. The van der Waals surface area contributed by atoms with Gasteiger partial charge in [-0.1, -0.05) is 18.2 Å². The van der Waals surface area contributed by atoms with Gasteiger partial charge in [-0.25, -0.2) is 4.98 Å². The van der Waals surface area contributed by atoms with Crippen LogP contribution in [0.15, 0.2) is 42.5 Å². The van der Waals surface area contributed by atoms with E-state index >= 15 is 0 Å².